The first-order chi connectivity index (χ1) is 9.76. The van der Waals surface area contributed by atoms with Gasteiger partial charge in [0.1, 0.15) is 5.75 Å². The molecule has 2 nitrogen and oxygen atoms in total. The summed E-state index contributed by atoms with van der Waals surface area (Å²) in [5.41, 5.74) is 8.08. The van der Waals surface area contributed by atoms with Crippen LogP contribution in [0, 0.1) is 11.3 Å². The molecule has 0 bridgehead atoms. The van der Waals surface area contributed by atoms with E-state index >= 15 is 0 Å². The molecule has 0 amide bonds. The van der Waals surface area contributed by atoms with Crippen LogP contribution >= 0.6 is 11.6 Å². The van der Waals surface area contributed by atoms with Gasteiger partial charge < -0.3 is 10.5 Å². The van der Waals surface area contributed by atoms with Crippen LogP contribution in [0.3, 0.4) is 0 Å². The third kappa shape index (κ3) is 3.73. The highest BCUT2D eigenvalue weighted by Gasteiger charge is 2.43. The summed E-state index contributed by atoms with van der Waals surface area (Å²) in [7, 11) is 1.71. The Morgan fingerprint density at radius 1 is 1.33 bits per heavy atom. The number of rotatable bonds is 3. The average Bonchev–Trinajstić information content (AvgIpc) is 2.37. The van der Waals surface area contributed by atoms with Crippen LogP contribution in [-0.4, -0.2) is 12.6 Å². The number of ether oxygens (including phenoxy) is 1. The van der Waals surface area contributed by atoms with Crippen molar-refractivity contribution in [1.82, 2.24) is 0 Å². The third-order valence-corrected chi connectivity index (χ3v) is 5.12. The Bertz CT molecular complexity index is 494. The quantitative estimate of drug-likeness (QED) is 0.868. The van der Waals surface area contributed by atoms with E-state index in [2.05, 4.69) is 20.8 Å². The smallest absolute Gasteiger partial charge is 0.122 e. The van der Waals surface area contributed by atoms with Gasteiger partial charge in [0.2, 0.25) is 0 Å². The van der Waals surface area contributed by atoms with Gasteiger partial charge in [-0.3, -0.25) is 0 Å². The normalized spacial score (nSPS) is 26.7. The van der Waals surface area contributed by atoms with E-state index in [9.17, 15) is 0 Å². The van der Waals surface area contributed by atoms with Crippen molar-refractivity contribution in [3.63, 3.8) is 0 Å². The molecule has 3 heteroatoms. The Hall–Kier alpha value is -0.730. The van der Waals surface area contributed by atoms with Gasteiger partial charge in [0, 0.05) is 10.6 Å². The molecule has 118 valence electrons. The van der Waals surface area contributed by atoms with Crippen molar-refractivity contribution >= 4 is 11.6 Å². The summed E-state index contributed by atoms with van der Waals surface area (Å²) in [4.78, 5) is 0. The van der Waals surface area contributed by atoms with Crippen LogP contribution in [0.15, 0.2) is 18.2 Å². The zero-order chi connectivity index (χ0) is 15.7. The van der Waals surface area contributed by atoms with E-state index < -0.39 is 0 Å². The third-order valence-electron chi connectivity index (χ3n) is 4.89. The van der Waals surface area contributed by atoms with E-state index in [0.29, 0.717) is 5.92 Å². The molecular formula is C18H28ClNO. The fourth-order valence-electron chi connectivity index (χ4n) is 4.01. The molecule has 1 aromatic carbocycles. The Morgan fingerprint density at radius 3 is 2.67 bits per heavy atom. The number of nitrogens with two attached hydrogens (primary N) is 1. The van der Waals surface area contributed by atoms with Crippen molar-refractivity contribution in [3.8, 4) is 5.75 Å². The summed E-state index contributed by atoms with van der Waals surface area (Å²) in [6.45, 7) is 6.92. The first-order valence-electron chi connectivity index (χ1n) is 7.87. The van der Waals surface area contributed by atoms with Gasteiger partial charge in [-0.25, -0.2) is 0 Å². The zero-order valence-electron chi connectivity index (χ0n) is 13.7. The van der Waals surface area contributed by atoms with E-state index in [1.165, 1.54) is 19.3 Å². The van der Waals surface area contributed by atoms with Crippen molar-refractivity contribution < 1.29 is 4.74 Å². The Labute approximate surface area is 134 Å². The topological polar surface area (TPSA) is 35.2 Å². The summed E-state index contributed by atoms with van der Waals surface area (Å²) < 4.78 is 5.49. The van der Waals surface area contributed by atoms with Crippen LogP contribution in [0.25, 0.3) is 0 Å². The number of halogens is 1. The van der Waals surface area contributed by atoms with Gasteiger partial charge >= 0.3 is 0 Å². The average molecular weight is 310 g/mol. The minimum Gasteiger partial charge on any atom is -0.496 e. The molecule has 0 aromatic heterocycles. The van der Waals surface area contributed by atoms with E-state index in [1.54, 1.807) is 7.11 Å². The highest BCUT2D eigenvalue weighted by atomic mass is 35.5. The molecule has 0 spiro atoms. The number of hydrogen-bond donors (Lipinski definition) is 1. The summed E-state index contributed by atoms with van der Waals surface area (Å²) in [6.07, 6.45) is 5.62. The second kappa shape index (κ2) is 6.18. The van der Waals surface area contributed by atoms with Gasteiger partial charge in [0.05, 0.1) is 7.11 Å². The van der Waals surface area contributed by atoms with Gasteiger partial charge in [-0.15, -0.1) is 0 Å². The highest BCUT2D eigenvalue weighted by molar-refractivity contribution is 6.30. The first-order valence-corrected chi connectivity index (χ1v) is 8.25. The molecule has 2 atom stereocenters. The largest absolute Gasteiger partial charge is 0.496 e. The monoisotopic (exact) mass is 309 g/mol. The summed E-state index contributed by atoms with van der Waals surface area (Å²) in [5.74, 6) is 1.41. The lowest BCUT2D eigenvalue weighted by Crippen LogP contribution is -2.55. The van der Waals surface area contributed by atoms with E-state index in [0.717, 1.165) is 29.2 Å². The number of hydrogen-bond acceptors (Lipinski definition) is 2. The lowest BCUT2D eigenvalue weighted by Gasteiger charge is -2.48. The van der Waals surface area contributed by atoms with Gasteiger partial charge in [-0.1, -0.05) is 45.2 Å². The van der Waals surface area contributed by atoms with Crippen molar-refractivity contribution in [3.05, 3.63) is 28.8 Å². The molecule has 1 fully saturated rings. The van der Waals surface area contributed by atoms with Gasteiger partial charge in [-0.2, -0.15) is 0 Å². The zero-order valence-corrected chi connectivity index (χ0v) is 14.5. The van der Waals surface area contributed by atoms with Gasteiger partial charge in [-0.05, 0) is 54.4 Å². The summed E-state index contributed by atoms with van der Waals surface area (Å²) in [6, 6.07) is 5.81. The predicted octanol–water partition coefficient (Wildman–Crippen LogP) is 4.82. The molecule has 0 saturated heterocycles. The van der Waals surface area contributed by atoms with Crippen LogP contribution in [0.5, 0.6) is 5.75 Å². The number of methoxy groups -OCH3 is 1. The molecule has 2 rings (SSSR count). The molecule has 1 aromatic rings. The van der Waals surface area contributed by atoms with Gasteiger partial charge in [0.15, 0.2) is 0 Å². The van der Waals surface area contributed by atoms with Crippen LogP contribution in [0.2, 0.25) is 5.02 Å². The van der Waals surface area contributed by atoms with Crippen LogP contribution in [0.1, 0.15) is 52.0 Å². The van der Waals surface area contributed by atoms with Crippen molar-refractivity contribution in [2.45, 2.75) is 58.4 Å². The second-order valence-corrected chi connectivity index (χ2v) is 7.97. The molecule has 0 heterocycles. The Morgan fingerprint density at radius 2 is 2.05 bits per heavy atom. The van der Waals surface area contributed by atoms with Crippen LogP contribution < -0.4 is 10.5 Å². The van der Waals surface area contributed by atoms with E-state index in [4.69, 9.17) is 22.1 Å². The molecule has 1 aliphatic carbocycles. The second-order valence-electron chi connectivity index (χ2n) is 7.53. The highest BCUT2D eigenvalue weighted by Crippen LogP contribution is 2.45. The lowest BCUT2D eigenvalue weighted by molar-refractivity contribution is 0.0789. The minimum absolute atomic E-state index is 0.172. The maximum Gasteiger partial charge on any atom is 0.122 e. The van der Waals surface area contributed by atoms with Crippen molar-refractivity contribution in [2.75, 3.05) is 7.11 Å². The molecule has 21 heavy (non-hydrogen) atoms. The van der Waals surface area contributed by atoms with Crippen LogP contribution in [0.4, 0.5) is 0 Å². The molecular weight excluding hydrogens is 282 g/mol. The fourth-order valence-corrected chi connectivity index (χ4v) is 4.21. The molecule has 0 radical (unpaired) electrons. The Balaban J connectivity index is 2.32. The maximum absolute atomic E-state index is 6.90. The molecule has 2 unspecified atom stereocenters. The molecule has 2 N–H and O–H groups in total. The van der Waals surface area contributed by atoms with Crippen molar-refractivity contribution in [1.29, 1.82) is 0 Å². The predicted molar refractivity (Wildman–Crippen MR) is 90.0 cm³/mol. The lowest BCUT2D eigenvalue weighted by atomic mass is 9.61. The summed E-state index contributed by atoms with van der Waals surface area (Å²) in [5, 5.41) is 0.748. The van der Waals surface area contributed by atoms with Gasteiger partial charge in [0.25, 0.3) is 0 Å². The SMILES string of the molecule is COc1ccc(Cl)cc1CC1(N)CCCCC1C(C)(C)C. The summed E-state index contributed by atoms with van der Waals surface area (Å²) >= 11 is 6.17. The molecule has 1 saturated carbocycles. The maximum atomic E-state index is 6.90. The van der Waals surface area contributed by atoms with Crippen molar-refractivity contribution in [2.24, 2.45) is 17.1 Å². The standard InChI is InChI=1S/C18H28ClNO/c1-17(2,3)16-7-5-6-10-18(16,20)12-13-11-14(19)8-9-15(13)21-4/h8-9,11,16H,5-7,10,12,20H2,1-4H3. The van der Waals surface area contributed by atoms with Crippen LogP contribution in [-0.2, 0) is 6.42 Å². The Kier molecular flexibility index (Phi) is 4.89. The molecule has 0 aliphatic heterocycles. The number of benzene rings is 1. The fraction of sp³-hybridized carbons (Fsp3) is 0.667. The molecule has 1 aliphatic rings. The van der Waals surface area contributed by atoms with E-state index in [1.807, 2.05) is 18.2 Å². The minimum atomic E-state index is -0.172. The first kappa shape index (κ1) is 16.6. The van der Waals surface area contributed by atoms with E-state index in [-0.39, 0.29) is 11.0 Å².